The van der Waals surface area contributed by atoms with Crippen LogP contribution in [0.3, 0.4) is 0 Å². The molecular formula is C11H20N4OS. The Balaban J connectivity index is 1.64. The Morgan fingerprint density at radius 1 is 1.53 bits per heavy atom. The summed E-state index contributed by atoms with van der Waals surface area (Å²) in [6.07, 6.45) is 2.47. The van der Waals surface area contributed by atoms with Gasteiger partial charge in [-0.25, -0.2) is 0 Å². The lowest BCUT2D eigenvalue weighted by Crippen LogP contribution is -2.37. The molecule has 0 atom stereocenters. The van der Waals surface area contributed by atoms with Crippen LogP contribution in [-0.4, -0.2) is 50.1 Å². The number of hydrogen-bond acceptors (Lipinski definition) is 6. The average molecular weight is 256 g/mol. The zero-order chi connectivity index (χ0) is 11.9. The van der Waals surface area contributed by atoms with Crippen LogP contribution in [0.2, 0.25) is 0 Å². The molecule has 1 aromatic rings. The first kappa shape index (κ1) is 12.7. The van der Waals surface area contributed by atoms with Crippen LogP contribution in [0.5, 0.6) is 0 Å². The topological polar surface area (TPSA) is 50.3 Å². The van der Waals surface area contributed by atoms with E-state index in [1.54, 1.807) is 24.0 Å². The number of aromatic nitrogens is 2. The molecule has 5 nitrogen and oxygen atoms in total. The van der Waals surface area contributed by atoms with Gasteiger partial charge in [0.15, 0.2) is 0 Å². The van der Waals surface area contributed by atoms with Crippen molar-refractivity contribution in [3.63, 3.8) is 0 Å². The first-order valence-corrected chi connectivity index (χ1v) is 6.99. The third-order valence-electron chi connectivity index (χ3n) is 3.15. The molecule has 0 unspecified atom stereocenters. The minimum absolute atomic E-state index is 0.788. The van der Waals surface area contributed by atoms with Gasteiger partial charge in [-0.3, -0.25) is 0 Å². The van der Waals surface area contributed by atoms with Gasteiger partial charge in [0, 0.05) is 26.7 Å². The molecular weight excluding hydrogens is 236 g/mol. The van der Waals surface area contributed by atoms with E-state index in [9.17, 15) is 0 Å². The Morgan fingerprint density at radius 2 is 2.35 bits per heavy atom. The molecule has 17 heavy (non-hydrogen) atoms. The van der Waals surface area contributed by atoms with Crippen molar-refractivity contribution >= 4 is 16.5 Å². The highest BCUT2D eigenvalue weighted by Gasteiger charge is 2.20. The van der Waals surface area contributed by atoms with E-state index in [4.69, 9.17) is 4.74 Å². The van der Waals surface area contributed by atoms with E-state index in [1.807, 2.05) is 0 Å². The molecule has 1 aliphatic heterocycles. The first-order chi connectivity index (χ1) is 8.40. The Morgan fingerprint density at radius 3 is 3.00 bits per heavy atom. The number of anilines is 1. The van der Waals surface area contributed by atoms with Crippen LogP contribution in [-0.2, 0) is 4.74 Å². The zero-order valence-electron chi connectivity index (χ0n) is 10.3. The van der Waals surface area contributed by atoms with E-state index >= 15 is 0 Å². The molecule has 1 fully saturated rings. The van der Waals surface area contributed by atoms with Crippen molar-refractivity contribution in [2.45, 2.75) is 12.8 Å². The number of ether oxygens (including phenoxy) is 1. The fourth-order valence-corrected chi connectivity index (χ4v) is 2.73. The Bertz CT molecular complexity index is 298. The second kappa shape index (κ2) is 6.88. The number of piperidine rings is 1. The molecule has 0 bridgehead atoms. The molecule has 96 valence electrons. The molecule has 0 aliphatic carbocycles. The summed E-state index contributed by atoms with van der Waals surface area (Å²) in [5.41, 5.74) is 1.80. The normalized spacial score (nSPS) is 17.6. The zero-order valence-corrected chi connectivity index (χ0v) is 11.1. The number of rotatable bonds is 6. The Labute approximate surface area is 106 Å². The van der Waals surface area contributed by atoms with E-state index in [2.05, 4.69) is 20.4 Å². The van der Waals surface area contributed by atoms with E-state index < -0.39 is 0 Å². The summed E-state index contributed by atoms with van der Waals surface area (Å²) >= 11 is 1.63. The smallest absolute Gasteiger partial charge is 0.208 e. The molecule has 1 aliphatic rings. The quantitative estimate of drug-likeness (QED) is 0.769. The maximum atomic E-state index is 5.01. The molecule has 0 saturated carbocycles. The summed E-state index contributed by atoms with van der Waals surface area (Å²) < 4.78 is 5.01. The van der Waals surface area contributed by atoms with Gasteiger partial charge in [-0.1, -0.05) is 11.3 Å². The number of hydrogen-bond donors (Lipinski definition) is 1. The minimum Gasteiger partial charge on any atom is -0.383 e. The van der Waals surface area contributed by atoms with Crippen LogP contribution < -0.4 is 10.2 Å². The first-order valence-electron chi connectivity index (χ1n) is 6.11. The van der Waals surface area contributed by atoms with E-state index in [1.165, 1.54) is 12.8 Å². The van der Waals surface area contributed by atoms with Gasteiger partial charge in [0.2, 0.25) is 5.13 Å². The van der Waals surface area contributed by atoms with Crippen molar-refractivity contribution in [3.05, 3.63) is 5.51 Å². The molecule has 2 rings (SSSR count). The Hall–Kier alpha value is -0.720. The third-order valence-corrected chi connectivity index (χ3v) is 3.90. The second-order valence-electron chi connectivity index (χ2n) is 4.35. The van der Waals surface area contributed by atoms with Gasteiger partial charge in [-0.15, -0.1) is 10.2 Å². The van der Waals surface area contributed by atoms with Crippen molar-refractivity contribution in [2.24, 2.45) is 5.92 Å². The summed E-state index contributed by atoms with van der Waals surface area (Å²) in [5, 5.41) is 12.5. The average Bonchev–Trinajstić information content (AvgIpc) is 2.89. The molecule has 1 saturated heterocycles. The monoisotopic (exact) mass is 256 g/mol. The van der Waals surface area contributed by atoms with Crippen LogP contribution in [0.15, 0.2) is 5.51 Å². The van der Waals surface area contributed by atoms with Crippen LogP contribution in [0.4, 0.5) is 5.13 Å². The molecule has 1 aromatic heterocycles. The van der Waals surface area contributed by atoms with Crippen molar-refractivity contribution in [2.75, 3.05) is 44.8 Å². The SMILES string of the molecule is COCCNCC1CCN(c2nncs2)CC1. The summed E-state index contributed by atoms with van der Waals surface area (Å²) in [6, 6.07) is 0. The van der Waals surface area contributed by atoms with Crippen molar-refractivity contribution in [1.82, 2.24) is 15.5 Å². The Kier molecular flexibility index (Phi) is 5.15. The van der Waals surface area contributed by atoms with Gasteiger partial charge in [0.25, 0.3) is 0 Å². The fourth-order valence-electron chi connectivity index (χ4n) is 2.11. The van der Waals surface area contributed by atoms with Crippen LogP contribution in [0, 0.1) is 5.92 Å². The summed E-state index contributed by atoms with van der Waals surface area (Å²) in [6.45, 7) is 5.06. The molecule has 0 amide bonds. The van der Waals surface area contributed by atoms with Crippen molar-refractivity contribution < 1.29 is 4.74 Å². The van der Waals surface area contributed by atoms with Crippen LogP contribution in [0.1, 0.15) is 12.8 Å². The predicted octanol–water partition coefficient (Wildman–Crippen LogP) is 0.990. The maximum absolute atomic E-state index is 5.01. The molecule has 0 aromatic carbocycles. The van der Waals surface area contributed by atoms with E-state index in [0.29, 0.717) is 0 Å². The highest BCUT2D eigenvalue weighted by molar-refractivity contribution is 7.13. The van der Waals surface area contributed by atoms with Gasteiger partial charge >= 0.3 is 0 Å². The summed E-state index contributed by atoms with van der Waals surface area (Å²) in [5.74, 6) is 0.788. The second-order valence-corrected chi connectivity index (χ2v) is 5.16. The highest BCUT2D eigenvalue weighted by atomic mass is 32.1. The molecule has 1 N–H and O–H groups in total. The molecule has 2 heterocycles. The van der Waals surface area contributed by atoms with Gasteiger partial charge in [-0.2, -0.15) is 0 Å². The maximum Gasteiger partial charge on any atom is 0.208 e. The predicted molar refractivity (Wildman–Crippen MR) is 69.6 cm³/mol. The number of nitrogens with zero attached hydrogens (tertiary/aromatic N) is 3. The van der Waals surface area contributed by atoms with Crippen LogP contribution in [0.25, 0.3) is 0 Å². The lowest BCUT2D eigenvalue weighted by Gasteiger charge is -2.31. The molecule has 6 heteroatoms. The number of methoxy groups -OCH3 is 1. The van der Waals surface area contributed by atoms with Crippen molar-refractivity contribution in [3.8, 4) is 0 Å². The van der Waals surface area contributed by atoms with Gasteiger partial charge < -0.3 is 15.0 Å². The summed E-state index contributed by atoms with van der Waals surface area (Å²) in [4.78, 5) is 2.34. The van der Waals surface area contributed by atoms with E-state index in [0.717, 1.165) is 43.8 Å². The van der Waals surface area contributed by atoms with Crippen molar-refractivity contribution in [1.29, 1.82) is 0 Å². The molecule has 0 spiro atoms. The van der Waals surface area contributed by atoms with Gasteiger partial charge in [-0.05, 0) is 25.3 Å². The number of nitrogens with one attached hydrogen (secondary N) is 1. The van der Waals surface area contributed by atoms with Gasteiger partial charge in [0.05, 0.1) is 6.61 Å². The lowest BCUT2D eigenvalue weighted by atomic mass is 9.97. The summed E-state index contributed by atoms with van der Waals surface area (Å²) in [7, 11) is 1.74. The fraction of sp³-hybridized carbons (Fsp3) is 0.818. The van der Waals surface area contributed by atoms with Crippen LogP contribution >= 0.6 is 11.3 Å². The van der Waals surface area contributed by atoms with E-state index in [-0.39, 0.29) is 0 Å². The van der Waals surface area contributed by atoms with Gasteiger partial charge in [0.1, 0.15) is 5.51 Å². The minimum atomic E-state index is 0.788. The lowest BCUT2D eigenvalue weighted by molar-refractivity contribution is 0.197. The largest absolute Gasteiger partial charge is 0.383 e. The third kappa shape index (κ3) is 3.90. The molecule has 0 radical (unpaired) electrons. The standard InChI is InChI=1S/C11H20N4OS/c1-16-7-4-12-8-10-2-5-15(6-3-10)11-14-13-9-17-11/h9-10,12H,2-8H2,1H3. The highest BCUT2D eigenvalue weighted by Crippen LogP contribution is 2.23.